The number of fused-ring (bicyclic) bond motifs is 1. The van der Waals surface area contributed by atoms with Gasteiger partial charge in [-0.15, -0.1) is 0 Å². The van der Waals surface area contributed by atoms with Crippen LogP contribution in [0.25, 0.3) is 0 Å². The molecule has 2 fully saturated rings. The highest BCUT2D eigenvalue weighted by Crippen LogP contribution is 2.45. The molecule has 3 atom stereocenters. The van der Waals surface area contributed by atoms with Crippen LogP contribution in [0.4, 0.5) is 21.7 Å². The van der Waals surface area contributed by atoms with Gasteiger partial charge in [0.2, 0.25) is 9.84 Å². The van der Waals surface area contributed by atoms with E-state index in [-0.39, 0.29) is 16.2 Å². The van der Waals surface area contributed by atoms with Crippen molar-refractivity contribution in [2.75, 3.05) is 29.6 Å². The monoisotopic (exact) mass is 397 g/mol. The van der Waals surface area contributed by atoms with Crippen LogP contribution in [0.15, 0.2) is 29.4 Å². The van der Waals surface area contributed by atoms with E-state index in [1.165, 1.54) is 18.2 Å². The minimum Gasteiger partial charge on any atom is -0.356 e. The number of nitrogens with one attached hydrogen (secondary N) is 1. The molecule has 1 saturated carbocycles. The molecule has 3 N–H and O–H groups in total. The van der Waals surface area contributed by atoms with Crippen LogP contribution in [0.3, 0.4) is 0 Å². The molecule has 2 aromatic rings. The van der Waals surface area contributed by atoms with Crippen molar-refractivity contribution in [3.63, 3.8) is 0 Å². The van der Waals surface area contributed by atoms with Crippen LogP contribution >= 0.6 is 11.6 Å². The minimum atomic E-state index is -3.60. The first-order valence-corrected chi connectivity index (χ1v) is 10.3. The van der Waals surface area contributed by atoms with Gasteiger partial charge < -0.3 is 16.0 Å². The van der Waals surface area contributed by atoms with Crippen LogP contribution in [0, 0.1) is 17.7 Å². The van der Waals surface area contributed by atoms with Gasteiger partial charge in [-0.2, -0.15) is 0 Å². The Morgan fingerprint density at radius 3 is 2.58 bits per heavy atom. The van der Waals surface area contributed by atoms with Crippen molar-refractivity contribution >= 4 is 38.8 Å². The summed E-state index contributed by atoms with van der Waals surface area (Å²) in [5.41, 5.74) is 6.45. The zero-order chi connectivity index (χ0) is 18.6. The summed E-state index contributed by atoms with van der Waals surface area (Å²) in [6, 6.07) is 6.01. The summed E-state index contributed by atoms with van der Waals surface area (Å²) in [6.07, 6.45) is 1.06. The van der Waals surface area contributed by atoms with Gasteiger partial charge in [-0.3, -0.25) is 0 Å². The van der Waals surface area contributed by atoms with Crippen molar-refractivity contribution < 1.29 is 12.8 Å². The molecule has 1 aromatic heterocycles. The highest BCUT2D eigenvalue weighted by atomic mass is 35.5. The largest absolute Gasteiger partial charge is 0.356 e. The number of nitrogens with zero attached hydrogens (tertiary/aromatic N) is 3. The number of hydrogen-bond acceptors (Lipinski definition) is 7. The van der Waals surface area contributed by atoms with Gasteiger partial charge in [-0.1, -0.05) is 11.6 Å². The van der Waals surface area contributed by atoms with Crippen LogP contribution in [-0.4, -0.2) is 43.8 Å². The number of rotatable bonds is 4. The van der Waals surface area contributed by atoms with Gasteiger partial charge in [0.1, 0.15) is 17.5 Å². The van der Waals surface area contributed by atoms with Crippen LogP contribution < -0.4 is 16.0 Å². The Labute approximate surface area is 155 Å². The maximum atomic E-state index is 13.3. The Hall–Kier alpha value is -1.97. The SMILES string of the molecule is CS(=O)(=O)c1nc(Nc2ccc(F)c(Cl)c2)cc(N2C[C@@H]3[C@H](N)[C@@H]3C2)n1. The second kappa shape index (κ2) is 6.04. The third-order valence-corrected chi connectivity index (χ3v) is 5.94. The molecule has 2 aliphatic rings. The van der Waals surface area contributed by atoms with Gasteiger partial charge in [-0.05, 0) is 30.0 Å². The van der Waals surface area contributed by atoms with Crippen molar-refractivity contribution in [1.29, 1.82) is 0 Å². The molecule has 138 valence electrons. The fourth-order valence-corrected chi connectivity index (χ4v) is 3.99. The highest BCUT2D eigenvalue weighted by Gasteiger charge is 2.53. The summed E-state index contributed by atoms with van der Waals surface area (Å²) in [7, 11) is -3.60. The summed E-state index contributed by atoms with van der Waals surface area (Å²) in [5.74, 6) is 1.14. The van der Waals surface area contributed by atoms with E-state index in [1.54, 1.807) is 6.07 Å². The summed E-state index contributed by atoms with van der Waals surface area (Å²) in [6.45, 7) is 1.49. The molecule has 0 amide bonds. The molecule has 0 spiro atoms. The minimum absolute atomic E-state index is 0.0405. The number of sulfone groups is 1. The lowest BCUT2D eigenvalue weighted by Crippen LogP contribution is -2.29. The fourth-order valence-electron chi connectivity index (χ4n) is 3.29. The number of piperidine rings is 1. The van der Waals surface area contributed by atoms with Crippen molar-refractivity contribution in [1.82, 2.24) is 9.97 Å². The van der Waals surface area contributed by atoms with E-state index in [4.69, 9.17) is 17.3 Å². The molecular formula is C16H17ClFN5O2S. The molecule has 7 nitrogen and oxygen atoms in total. The van der Waals surface area contributed by atoms with Gasteiger partial charge in [0, 0.05) is 37.1 Å². The van der Waals surface area contributed by atoms with E-state index in [9.17, 15) is 12.8 Å². The topological polar surface area (TPSA) is 101 Å². The summed E-state index contributed by atoms with van der Waals surface area (Å²) in [5, 5.41) is 2.65. The molecule has 1 aromatic carbocycles. The first-order valence-electron chi connectivity index (χ1n) is 8.04. The molecule has 0 radical (unpaired) electrons. The summed E-state index contributed by atoms with van der Waals surface area (Å²) < 4.78 is 37.3. The lowest BCUT2D eigenvalue weighted by Gasteiger charge is -2.21. The van der Waals surface area contributed by atoms with Crippen LogP contribution in [0.1, 0.15) is 0 Å². The van der Waals surface area contributed by atoms with E-state index in [0.29, 0.717) is 29.2 Å². The van der Waals surface area contributed by atoms with E-state index in [0.717, 1.165) is 19.3 Å². The number of aromatic nitrogens is 2. The molecule has 0 bridgehead atoms. The van der Waals surface area contributed by atoms with Gasteiger partial charge in [0.15, 0.2) is 0 Å². The maximum Gasteiger partial charge on any atom is 0.250 e. The number of nitrogens with two attached hydrogens (primary N) is 1. The molecule has 26 heavy (non-hydrogen) atoms. The lowest BCUT2D eigenvalue weighted by atomic mass is 10.3. The van der Waals surface area contributed by atoms with E-state index >= 15 is 0 Å². The van der Waals surface area contributed by atoms with E-state index in [1.807, 2.05) is 4.90 Å². The first kappa shape index (κ1) is 17.4. The third-order valence-electron chi connectivity index (χ3n) is 4.80. The molecule has 2 heterocycles. The molecule has 1 saturated heterocycles. The molecule has 1 aliphatic heterocycles. The van der Waals surface area contributed by atoms with Crippen molar-refractivity contribution in [3.8, 4) is 0 Å². The van der Waals surface area contributed by atoms with Gasteiger partial charge in [0.25, 0.3) is 5.16 Å². The van der Waals surface area contributed by atoms with E-state index < -0.39 is 15.7 Å². The molecule has 10 heteroatoms. The van der Waals surface area contributed by atoms with Crippen molar-refractivity contribution in [2.24, 2.45) is 17.6 Å². The Morgan fingerprint density at radius 1 is 1.27 bits per heavy atom. The summed E-state index contributed by atoms with van der Waals surface area (Å²) in [4.78, 5) is 10.3. The second-order valence-electron chi connectivity index (χ2n) is 6.73. The Morgan fingerprint density at radius 2 is 1.96 bits per heavy atom. The average Bonchev–Trinajstić information content (AvgIpc) is 2.98. The number of hydrogen-bond donors (Lipinski definition) is 2. The maximum absolute atomic E-state index is 13.3. The van der Waals surface area contributed by atoms with Crippen LogP contribution in [-0.2, 0) is 9.84 Å². The Kier molecular flexibility index (Phi) is 4.05. The average molecular weight is 398 g/mol. The Bertz CT molecular complexity index is 975. The molecule has 4 rings (SSSR count). The van der Waals surface area contributed by atoms with Crippen LogP contribution in [0.2, 0.25) is 5.02 Å². The number of anilines is 3. The van der Waals surface area contributed by atoms with Gasteiger partial charge in [-0.25, -0.2) is 22.8 Å². The predicted octanol–water partition coefficient (Wildman–Crippen LogP) is 1.81. The van der Waals surface area contributed by atoms with Crippen LogP contribution in [0.5, 0.6) is 0 Å². The smallest absolute Gasteiger partial charge is 0.250 e. The van der Waals surface area contributed by atoms with Gasteiger partial charge >= 0.3 is 0 Å². The molecular weight excluding hydrogens is 381 g/mol. The normalized spacial score (nSPS) is 24.5. The second-order valence-corrected chi connectivity index (χ2v) is 9.05. The summed E-state index contributed by atoms with van der Waals surface area (Å²) >= 11 is 5.79. The first-order chi connectivity index (χ1) is 12.2. The van der Waals surface area contributed by atoms with E-state index in [2.05, 4.69) is 15.3 Å². The quantitative estimate of drug-likeness (QED) is 0.758. The number of benzene rings is 1. The Balaban J connectivity index is 1.67. The third kappa shape index (κ3) is 3.22. The zero-order valence-corrected chi connectivity index (χ0v) is 15.4. The lowest BCUT2D eigenvalue weighted by molar-refractivity contribution is 0.592. The fraction of sp³-hybridized carbons (Fsp3) is 0.375. The standard InChI is InChI=1S/C16H17ClFN5O2S/c1-26(24,25)16-21-13(20-8-2-3-12(18)11(17)4-8)5-14(22-16)23-6-9-10(7-23)15(9)19/h2-5,9-10,15H,6-7,19H2,1H3,(H,20,21,22)/t9-,10+,15-. The molecule has 1 aliphatic carbocycles. The highest BCUT2D eigenvalue weighted by molar-refractivity contribution is 7.90. The molecule has 0 unspecified atom stereocenters. The predicted molar refractivity (Wildman–Crippen MR) is 97.0 cm³/mol. The zero-order valence-electron chi connectivity index (χ0n) is 13.9. The van der Waals surface area contributed by atoms with Gasteiger partial charge in [0.05, 0.1) is 5.02 Å². The van der Waals surface area contributed by atoms with Crippen molar-refractivity contribution in [3.05, 3.63) is 35.1 Å². The number of halogens is 2. The van der Waals surface area contributed by atoms with Crippen molar-refractivity contribution in [2.45, 2.75) is 11.2 Å².